The molecular weight excluding hydrogens is 286 g/mol. The number of aliphatic hydroxyl groups is 1. The number of hydrogen-bond donors (Lipinski definition) is 2. The van der Waals surface area contributed by atoms with Crippen molar-refractivity contribution >= 4 is 21.8 Å². The smallest absolute Gasteiger partial charge is 0.274 e. The summed E-state index contributed by atoms with van der Waals surface area (Å²) in [6.07, 6.45) is 6.40. The van der Waals surface area contributed by atoms with E-state index >= 15 is 0 Å². The lowest BCUT2D eigenvalue weighted by molar-refractivity contribution is 0.236. The maximum atomic E-state index is 12.1. The lowest BCUT2D eigenvalue weighted by Gasteiger charge is -2.26. The van der Waals surface area contributed by atoms with Gasteiger partial charge in [0.05, 0.1) is 0 Å². The normalized spacial score (nSPS) is 18.8. The molecule has 1 heterocycles. The van der Waals surface area contributed by atoms with Gasteiger partial charge in [-0.3, -0.25) is 0 Å². The van der Waals surface area contributed by atoms with Crippen molar-refractivity contribution in [3.05, 3.63) is 17.9 Å². The summed E-state index contributed by atoms with van der Waals surface area (Å²) >= 11 is 1.73. The van der Waals surface area contributed by atoms with Gasteiger partial charge in [0.1, 0.15) is 12.4 Å². The lowest BCUT2D eigenvalue weighted by Crippen LogP contribution is -2.38. The SMILES string of the molecule is CSC1(CNS(=O)(=O)c2ccc(CO)o2)CCCC1. The monoisotopic (exact) mass is 305 g/mol. The van der Waals surface area contributed by atoms with Crippen LogP contribution < -0.4 is 4.72 Å². The van der Waals surface area contributed by atoms with Crippen LogP contribution in [0, 0.1) is 0 Å². The molecule has 0 aliphatic heterocycles. The van der Waals surface area contributed by atoms with E-state index in [1.54, 1.807) is 11.8 Å². The molecule has 19 heavy (non-hydrogen) atoms. The molecule has 1 fully saturated rings. The van der Waals surface area contributed by atoms with E-state index in [4.69, 9.17) is 9.52 Å². The topological polar surface area (TPSA) is 79.5 Å². The van der Waals surface area contributed by atoms with E-state index in [9.17, 15) is 8.42 Å². The van der Waals surface area contributed by atoms with E-state index in [-0.39, 0.29) is 22.2 Å². The molecule has 1 aromatic rings. The zero-order valence-electron chi connectivity index (χ0n) is 10.9. The molecule has 0 atom stereocenters. The van der Waals surface area contributed by atoms with Crippen LogP contribution in [0.4, 0.5) is 0 Å². The summed E-state index contributed by atoms with van der Waals surface area (Å²) in [5.74, 6) is 0.251. The second kappa shape index (κ2) is 5.87. The van der Waals surface area contributed by atoms with E-state index in [0.717, 1.165) is 25.7 Å². The molecule has 1 aliphatic carbocycles. The predicted octanol–water partition coefficient (Wildman–Crippen LogP) is 1.73. The van der Waals surface area contributed by atoms with Crippen molar-refractivity contribution in [3.63, 3.8) is 0 Å². The van der Waals surface area contributed by atoms with Crippen molar-refractivity contribution in [1.82, 2.24) is 4.72 Å². The molecule has 1 aliphatic rings. The summed E-state index contributed by atoms with van der Waals surface area (Å²) in [6.45, 7) is 0.121. The van der Waals surface area contributed by atoms with Crippen molar-refractivity contribution in [2.75, 3.05) is 12.8 Å². The van der Waals surface area contributed by atoms with Crippen LogP contribution in [0.5, 0.6) is 0 Å². The summed E-state index contributed by atoms with van der Waals surface area (Å²) in [5.41, 5.74) is 0. The average Bonchev–Trinajstić information content (AvgIpc) is 3.06. The van der Waals surface area contributed by atoms with E-state index in [2.05, 4.69) is 4.72 Å². The third kappa shape index (κ3) is 3.34. The fourth-order valence-electron chi connectivity index (χ4n) is 2.36. The quantitative estimate of drug-likeness (QED) is 0.836. The van der Waals surface area contributed by atoms with Crippen LogP contribution in [0.1, 0.15) is 31.4 Å². The minimum absolute atomic E-state index is 0.0134. The minimum atomic E-state index is -3.63. The Hall–Kier alpha value is -0.500. The Kier molecular flexibility index (Phi) is 4.60. The van der Waals surface area contributed by atoms with Crippen LogP contribution in [0.3, 0.4) is 0 Å². The average molecular weight is 305 g/mol. The molecule has 0 amide bonds. The van der Waals surface area contributed by atoms with Crippen LogP contribution in [0.25, 0.3) is 0 Å². The van der Waals surface area contributed by atoms with Crippen molar-refractivity contribution in [1.29, 1.82) is 0 Å². The zero-order chi connectivity index (χ0) is 13.9. The standard InChI is InChI=1S/C12H19NO4S2/c1-18-12(6-2-3-7-12)9-13-19(15,16)11-5-4-10(8-14)17-11/h4-5,13-14H,2-3,6-9H2,1H3. The highest BCUT2D eigenvalue weighted by Gasteiger charge is 2.34. The van der Waals surface area contributed by atoms with Gasteiger partial charge in [0.2, 0.25) is 5.09 Å². The Balaban J connectivity index is 2.05. The first-order valence-corrected chi connectivity index (χ1v) is 8.96. The van der Waals surface area contributed by atoms with Gasteiger partial charge in [-0.2, -0.15) is 11.8 Å². The number of furan rings is 1. The molecule has 0 aromatic carbocycles. The van der Waals surface area contributed by atoms with E-state index in [1.165, 1.54) is 12.1 Å². The molecular formula is C12H19NO4S2. The van der Waals surface area contributed by atoms with E-state index in [0.29, 0.717) is 6.54 Å². The largest absolute Gasteiger partial charge is 0.446 e. The van der Waals surface area contributed by atoms with Crippen molar-refractivity contribution in [3.8, 4) is 0 Å². The van der Waals surface area contributed by atoms with Gasteiger partial charge in [0.15, 0.2) is 0 Å². The molecule has 0 saturated heterocycles. The Morgan fingerprint density at radius 3 is 2.63 bits per heavy atom. The number of sulfonamides is 1. The molecule has 2 N–H and O–H groups in total. The van der Waals surface area contributed by atoms with Crippen molar-refractivity contribution in [2.24, 2.45) is 0 Å². The molecule has 1 saturated carbocycles. The first-order valence-electron chi connectivity index (χ1n) is 6.26. The van der Waals surface area contributed by atoms with Gasteiger partial charge in [-0.15, -0.1) is 0 Å². The predicted molar refractivity (Wildman–Crippen MR) is 74.5 cm³/mol. The minimum Gasteiger partial charge on any atom is -0.446 e. The van der Waals surface area contributed by atoms with Gasteiger partial charge in [-0.1, -0.05) is 12.8 Å². The highest BCUT2D eigenvalue weighted by Crippen LogP contribution is 2.39. The third-order valence-electron chi connectivity index (χ3n) is 3.59. The second-order valence-electron chi connectivity index (χ2n) is 4.80. The van der Waals surface area contributed by atoms with Gasteiger partial charge < -0.3 is 9.52 Å². The summed E-state index contributed by atoms with van der Waals surface area (Å²) < 4.78 is 31.9. The molecule has 2 rings (SSSR count). The van der Waals surface area contributed by atoms with Crippen LogP contribution in [-0.4, -0.2) is 31.1 Å². The summed E-state index contributed by atoms with van der Waals surface area (Å²) in [4.78, 5) is 0. The van der Waals surface area contributed by atoms with Gasteiger partial charge in [-0.25, -0.2) is 13.1 Å². The van der Waals surface area contributed by atoms with Crippen molar-refractivity contribution in [2.45, 2.75) is 42.1 Å². The third-order valence-corrected chi connectivity index (χ3v) is 6.28. The van der Waals surface area contributed by atoms with Crippen LogP contribution >= 0.6 is 11.8 Å². The van der Waals surface area contributed by atoms with Gasteiger partial charge >= 0.3 is 0 Å². The van der Waals surface area contributed by atoms with E-state index in [1.807, 2.05) is 6.26 Å². The molecule has 0 radical (unpaired) electrons. The molecule has 7 heteroatoms. The molecule has 0 spiro atoms. The van der Waals surface area contributed by atoms with E-state index < -0.39 is 10.0 Å². The fourth-order valence-corrected chi connectivity index (χ4v) is 4.44. The second-order valence-corrected chi connectivity index (χ2v) is 7.77. The number of aliphatic hydroxyl groups excluding tert-OH is 1. The molecule has 0 bridgehead atoms. The summed E-state index contributed by atoms with van der Waals surface area (Å²) in [7, 11) is -3.63. The lowest BCUT2D eigenvalue weighted by atomic mass is 10.1. The molecule has 1 aromatic heterocycles. The summed E-state index contributed by atoms with van der Waals surface area (Å²) in [5, 5.41) is 8.75. The van der Waals surface area contributed by atoms with Crippen LogP contribution in [0.15, 0.2) is 21.6 Å². The number of thioether (sulfide) groups is 1. The molecule has 5 nitrogen and oxygen atoms in total. The fraction of sp³-hybridized carbons (Fsp3) is 0.667. The van der Waals surface area contributed by atoms with Gasteiger partial charge in [0, 0.05) is 11.3 Å². The highest BCUT2D eigenvalue weighted by molar-refractivity contribution is 8.00. The highest BCUT2D eigenvalue weighted by atomic mass is 32.2. The number of nitrogens with one attached hydrogen (secondary N) is 1. The Morgan fingerprint density at radius 1 is 1.42 bits per heavy atom. The van der Waals surface area contributed by atoms with Crippen LogP contribution in [0.2, 0.25) is 0 Å². The maximum Gasteiger partial charge on any atom is 0.274 e. The van der Waals surface area contributed by atoms with Gasteiger partial charge in [-0.05, 0) is 31.2 Å². The zero-order valence-corrected chi connectivity index (χ0v) is 12.5. The van der Waals surface area contributed by atoms with Crippen molar-refractivity contribution < 1.29 is 17.9 Å². The van der Waals surface area contributed by atoms with Crippen LogP contribution in [-0.2, 0) is 16.6 Å². The first-order chi connectivity index (χ1) is 9.01. The summed E-state index contributed by atoms with van der Waals surface area (Å²) in [6, 6.07) is 2.84. The Morgan fingerprint density at radius 2 is 2.11 bits per heavy atom. The molecule has 0 unspecified atom stereocenters. The number of hydrogen-bond acceptors (Lipinski definition) is 5. The Bertz CT molecular complexity index is 518. The molecule has 108 valence electrons. The van der Waals surface area contributed by atoms with Gasteiger partial charge in [0.25, 0.3) is 10.0 Å². The number of rotatable bonds is 6. The maximum absolute atomic E-state index is 12.1. The Labute approximate surface area is 117 Å². The first kappa shape index (κ1) is 14.9.